The molecule has 12 heteroatoms. The second-order valence-corrected chi connectivity index (χ2v) is 6.98. The third-order valence-electron chi connectivity index (χ3n) is 4.51. The Morgan fingerprint density at radius 1 is 0.909 bits per heavy atom. The van der Waals surface area contributed by atoms with E-state index in [1.807, 2.05) is 5.32 Å². The van der Waals surface area contributed by atoms with E-state index in [2.05, 4.69) is 11.2 Å². The van der Waals surface area contributed by atoms with Crippen molar-refractivity contribution >= 4 is 29.8 Å². The molecule has 0 aliphatic rings. The number of unbranched alkanes of at least 4 members (excludes halogenated alkanes) is 1. The first-order valence-corrected chi connectivity index (χ1v) is 9.87. The summed E-state index contributed by atoms with van der Waals surface area (Å²) in [5, 5.41) is 41.3. The summed E-state index contributed by atoms with van der Waals surface area (Å²) in [5.74, 6) is -2.15. The second kappa shape index (κ2) is 13.3. The largest absolute Gasteiger partial charge is 0.481 e. The Balaban J connectivity index is 2.49. The lowest BCUT2D eigenvalue weighted by Crippen LogP contribution is -2.47. The fourth-order valence-electron chi connectivity index (χ4n) is 2.68. The molecule has 0 saturated heterocycles. The molecule has 1 aromatic carbocycles. The molecule has 3 amide bonds. The molecule has 0 aliphatic heterocycles. The molecule has 0 radical (unpaired) electrons. The summed E-state index contributed by atoms with van der Waals surface area (Å²) in [4.78, 5) is 57.2. The van der Waals surface area contributed by atoms with Gasteiger partial charge in [-0.05, 0) is 49.9 Å². The number of nitrogens with zero attached hydrogens (tertiary/aromatic N) is 1. The minimum Gasteiger partial charge on any atom is -0.481 e. The van der Waals surface area contributed by atoms with Crippen molar-refractivity contribution in [3.05, 3.63) is 35.4 Å². The minimum absolute atomic E-state index is 0.00926. The molecule has 0 bridgehead atoms. The van der Waals surface area contributed by atoms with Crippen LogP contribution in [0.4, 0.5) is 4.79 Å². The summed E-state index contributed by atoms with van der Waals surface area (Å²) in [6, 6.07) is 2.18. The maximum absolute atomic E-state index is 12.2. The smallest absolute Gasteiger partial charge is 0.341 e. The molecule has 1 aromatic rings. The number of carboxylic acid groups (broad SMARTS) is 3. The van der Waals surface area contributed by atoms with Crippen molar-refractivity contribution in [3.63, 3.8) is 0 Å². The number of hydroxylamine groups is 2. The molecule has 33 heavy (non-hydrogen) atoms. The van der Waals surface area contributed by atoms with Crippen molar-refractivity contribution in [2.24, 2.45) is 0 Å². The van der Waals surface area contributed by atoms with Crippen LogP contribution in [0, 0.1) is 12.3 Å². The fourth-order valence-corrected chi connectivity index (χ4v) is 2.68. The molecule has 1 rings (SSSR count). The third kappa shape index (κ3) is 9.70. The molecule has 0 heterocycles. The van der Waals surface area contributed by atoms with Crippen LogP contribution in [0.1, 0.15) is 48.0 Å². The highest BCUT2D eigenvalue weighted by molar-refractivity contribution is 5.96. The molecule has 12 nitrogen and oxygen atoms in total. The molecule has 0 unspecified atom stereocenters. The van der Waals surface area contributed by atoms with E-state index in [0.29, 0.717) is 5.56 Å². The molecule has 0 aromatic heterocycles. The van der Waals surface area contributed by atoms with Crippen LogP contribution in [-0.2, 0) is 14.4 Å². The lowest BCUT2D eigenvalue weighted by Gasteiger charge is -2.20. The first kappa shape index (κ1) is 26.9. The van der Waals surface area contributed by atoms with Gasteiger partial charge in [0.2, 0.25) is 0 Å². The summed E-state index contributed by atoms with van der Waals surface area (Å²) in [5.41, 5.74) is 0.796. The van der Waals surface area contributed by atoms with Gasteiger partial charge in [0.25, 0.3) is 5.91 Å². The maximum Gasteiger partial charge on any atom is 0.341 e. The molecule has 0 fully saturated rings. The number of carboxylic acids is 3. The number of aliphatic carboxylic acids is 3. The van der Waals surface area contributed by atoms with Gasteiger partial charge in [-0.3, -0.25) is 14.8 Å². The molecule has 0 saturated carbocycles. The van der Waals surface area contributed by atoms with Crippen molar-refractivity contribution < 1.29 is 44.5 Å². The highest BCUT2D eigenvalue weighted by atomic mass is 16.5. The molecule has 0 aliphatic carbocycles. The minimum atomic E-state index is -1.50. The zero-order chi connectivity index (χ0) is 25.0. The average Bonchev–Trinajstić information content (AvgIpc) is 2.77. The Kier molecular flexibility index (Phi) is 10.9. The number of carbonyl (C=O) groups is 5. The Bertz CT molecular complexity index is 909. The van der Waals surface area contributed by atoms with Crippen molar-refractivity contribution in [1.29, 1.82) is 0 Å². The number of hydrogen-bond acceptors (Lipinski definition) is 6. The Morgan fingerprint density at radius 3 is 2.00 bits per heavy atom. The summed E-state index contributed by atoms with van der Waals surface area (Å²) in [6.45, 7) is -0.245. The summed E-state index contributed by atoms with van der Waals surface area (Å²) in [6.07, 6.45) is 4.75. The topological polar surface area (TPSA) is 194 Å². The maximum atomic E-state index is 12.2. The van der Waals surface area contributed by atoms with E-state index in [9.17, 15) is 34.3 Å². The van der Waals surface area contributed by atoms with Gasteiger partial charge in [0, 0.05) is 17.5 Å². The van der Waals surface area contributed by atoms with Crippen molar-refractivity contribution in [2.45, 2.75) is 44.2 Å². The van der Waals surface area contributed by atoms with Gasteiger partial charge in [-0.1, -0.05) is 5.92 Å². The monoisotopic (exact) mass is 463 g/mol. The average molecular weight is 463 g/mol. The number of hydrogen-bond donors (Lipinski definition) is 6. The van der Waals surface area contributed by atoms with E-state index in [1.165, 1.54) is 12.1 Å². The van der Waals surface area contributed by atoms with Gasteiger partial charge < -0.3 is 26.0 Å². The quantitative estimate of drug-likeness (QED) is 0.106. The molecular formula is C21H25N3O9. The van der Waals surface area contributed by atoms with E-state index >= 15 is 0 Å². The number of benzene rings is 1. The number of carbonyl (C=O) groups excluding carboxylic acids is 2. The van der Waals surface area contributed by atoms with Gasteiger partial charge in [-0.2, -0.15) is 0 Å². The Labute approximate surface area is 189 Å². The van der Waals surface area contributed by atoms with Crippen molar-refractivity contribution in [2.75, 3.05) is 6.54 Å². The molecular weight excluding hydrogens is 438 g/mol. The molecule has 0 spiro atoms. The first-order chi connectivity index (χ1) is 15.5. The molecule has 6 N–H and O–H groups in total. The van der Waals surface area contributed by atoms with Crippen molar-refractivity contribution in [3.8, 4) is 12.3 Å². The zero-order valence-electron chi connectivity index (χ0n) is 17.6. The van der Waals surface area contributed by atoms with Gasteiger partial charge >= 0.3 is 23.9 Å². The number of nitrogens with one attached hydrogen (secondary N) is 2. The third-order valence-corrected chi connectivity index (χ3v) is 4.51. The molecule has 2 atom stereocenters. The second-order valence-electron chi connectivity index (χ2n) is 6.98. The van der Waals surface area contributed by atoms with E-state index in [4.69, 9.17) is 16.6 Å². The van der Waals surface area contributed by atoms with Gasteiger partial charge in [0.15, 0.2) is 0 Å². The Morgan fingerprint density at radius 2 is 1.48 bits per heavy atom. The highest BCUT2D eigenvalue weighted by Gasteiger charge is 2.24. The van der Waals surface area contributed by atoms with Gasteiger partial charge in [0.1, 0.15) is 12.1 Å². The van der Waals surface area contributed by atoms with E-state index < -0.39 is 48.4 Å². The number of terminal acetylenes is 1. The van der Waals surface area contributed by atoms with Crippen LogP contribution in [-0.4, -0.2) is 74.1 Å². The van der Waals surface area contributed by atoms with Crippen LogP contribution >= 0.6 is 0 Å². The summed E-state index contributed by atoms with van der Waals surface area (Å²) < 4.78 is 0. The van der Waals surface area contributed by atoms with E-state index in [-0.39, 0.29) is 42.9 Å². The van der Waals surface area contributed by atoms with E-state index in [0.717, 1.165) is 0 Å². The highest BCUT2D eigenvalue weighted by Crippen LogP contribution is 2.07. The van der Waals surface area contributed by atoms with Crippen LogP contribution in [0.3, 0.4) is 0 Å². The van der Waals surface area contributed by atoms with Crippen LogP contribution in [0.15, 0.2) is 24.3 Å². The van der Waals surface area contributed by atoms with Crippen molar-refractivity contribution in [1.82, 2.24) is 15.7 Å². The standard InChI is InChI=1S/C21H25N3O9/c1-2-13-6-8-14(9-7-13)18(27)22-15(19(28)29)5-3-4-12-24(33)21(32)23-16(20(30)31)10-11-17(25)26/h1,6-9,15-16,33H,3-5,10-12H2,(H,22,27)(H,23,32)(H,25,26)(H,28,29)(H,30,31)/t15-,16-/m0/s1. The first-order valence-electron chi connectivity index (χ1n) is 9.87. The normalized spacial score (nSPS) is 12.0. The van der Waals surface area contributed by atoms with Crippen LogP contribution in [0.2, 0.25) is 0 Å². The zero-order valence-corrected chi connectivity index (χ0v) is 17.6. The lowest BCUT2D eigenvalue weighted by molar-refractivity contribution is -0.141. The number of rotatable bonds is 13. The van der Waals surface area contributed by atoms with Crippen LogP contribution < -0.4 is 10.6 Å². The predicted octanol–water partition coefficient (Wildman–Crippen LogP) is 0.740. The van der Waals surface area contributed by atoms with Gasteiger partial charge in [0.05, 0.1) is 6.54 Å². The number of urea groups is 1. The Hall–Kier alpha value is -4.11. The molecule has 178 valence electrons. The lowest BCUT2D eigenvalue weighted by atomic mass is 10.1. The summed E-state index contributed by atoms with van der Waals surface area (Å²) in [7, 11) is 0. The SMILES string of the molecule is C#Cc1ccc(C(=O)N[C@@H](CCCCN(O)C(=O)N[C@@H](CCC(=O)O)C(=O)O)C(=O)O)cc1. The number of amides is 3. The van der Waals surface area contributed by atoms with Gasteiger partial charge in [-0.25, -0.2) is 19.4 Å². The predicted molar refractivity (Wildman–Crippen MR) is 112 cm³/mol. The van der Waals surface area contributed by atoms with Crippen LogP contribution in [0.25, 0.3) is 0 Å². The fraction of sp³-hybridized carbons (Fsp3) is 0.381. The van der Waals surface area contributed by atoms with E-state index in [1.54, 1.807) is 12.1 Å². The van der Waals surface area contributed by atoms with Crippen LogP contribution in [0.5, 0.6) is 0 Å². The van der Waals surface area contributed by atoms with Gasteiger partial charge in [-0.15, -0.1) is 6.42 Å². The summed E-state index contributed by atoms with van der Waals surface area (Å²) >= 11 is 0.